The van der Waals surface area contributed by atoms with Gasteiger partial charge >= 0.3 is 0 Å². The first-order chi connectivity index (χ1) is 9.10. The second-order valence-electron chi connectivity index (χ2n) is 4.32. The van der Waals surface area contributed by atoms with Gasteiger partial charge in [-0.25, -0.2) is 4.98 Å². The second-order valence-corrected chi connectivity index (χ2v) is 6.52. The van der Waals surface area contributed by atoms with Crippen molar-refractivity contribution in [3.05, 3.63) is 43.8 Å². The van der Waals surface area contributed by atoms with E-state index in [4.69, 9.17) is 4.74 Å². The molecule has 102 valence electrons. The molecule has 0 aliphatic carbocycles. The lowest BCUT2D eigenvalue weighted by Gasteiger charge is -2.10. The van der Waals surface area contributed by atoms with E-state index < -0.39 is 0 Å². The summed E-state index contributed by atoms with van der Waals surface area (Å²) in [5, 5.41) is 4.17. The fraction of sp³-hybridized carbons (Fsp3) is 0.357. The summed E-state index contributed by atoms with van der Waals surface area (Å²) in [7, 11) is 1.93. The highest BCUT2D eigenvalue weighted by Crippen LogP contribution is 2.25. The van der Waals surface area contributed by atoms with Crippen LogP contribution in [0.2, 0.25) is 0 Å². The first-order valence-corrected chi connectivity index (χ1v) is 7.70. The van der Waals surface area contributed by atoms with E-state index in [2.05, 4.69) is 39.2 Å². The van der Waals surface area contributed by atoms with E-state index in [1.165, 1.54) is 4.88 Å². The van der Waals surface area contributed by atoms with Gasteiger partial charge in [0.05, 0.1) is 5.69 Å². The predicted molar refractivity (Wildman–Crippen MR) is 82.8 cm³/mol. The monoisotopic (exact) mass is 340 g/mol. The number of ether oxygens (including phenoxy) is 1. The molecule has 5 heteroatoms. The maximum Gasteiger partial charge on any atom is 0.140 e. The Hall–Kier alpha value is -0.910. The Morgan fingerprint density at radius 3 is 2.79 bits per heavy atom. The average molecular weight is 341 g/mol. The molecular formula is C14H17BrN2OS. The van der Waals surface area contributed by atoms with Crippen LogP contribution in [0.15, 0.2) is 22.7 Å². The number of hydrogen-bond donors (Lipinski definition) is 1. The van der Waals surface area contributed by atoms with Crippen LogP contribution in [0.5, 0.6) is 5.75 Å². The molecular weight excluding hydrogens is 324 g/mol. The maximum atomic E-state index is 5.89. The summed E-state index contributed by atoms with van der Waals surface area (Å²) >= 11 is 5.18. The summed E-state index contributed by atoms with van der Waals surface area (Å²) in [6, 6.07) is 6.06. The summed E-state index contributed by atoms with van der Waals surface area (Å²) in [4.78, 5) is 5.74. The number of hydrogen-bond acceptors (Lipinski definition) is 4. The molecule has 0 saturated heterocycles. The number of benzene rings is 1. The number of aromatic nitrogens is 1. The lowest BCUT2D eigenvalue weighted by Crippen LogP contribution is -2.07. The molecule has 0 aliphatic heterocycles. The minimum Gasteiger partial charge on any atom is -0.486 e. The third kappa shape index (κ3) is 3.78. The van der Waals surface area contributed by atoms with Crippen LogP contribution in [0.25, 0.3) is 0 Å². The van der Waals surface area contributed by atoms with Gasteiger partial charge in [0.1, 0.15) is 17.4 Å². The molecule has 1 aromatic carbocycles. The Balaban J connectivity index is 2.10. The van der Waals surface area contributed by atoms with Gasteiger partial charge in [-0.1, -0.05) is 15.9 Å². The summed E-state index contributed by atoms with van der Waals surface area (Å²) in [6.07, 6.45) is 0. The smallest absolute Gasteiger partial charge is 0.140 e. The molecule has 0 atom stereocenters. The zero-order chi connectivity index (χ0) is 13.8. The van der Waals surface area contributed by atoms with Gasteiger partial charge in [0, 0.05) is 21.5 Å². The fourth-order valence-electron chi connectivity index (χ4n) is 1.76. The molecule has 0 fully saturated rings. The molecule has 0 bridgehead atoms. The van der Waals surface area contributed by atoms with Gasteiger partial charge in [0.25, 0.3) is 0 Å². The van der Waals surface area contributed by atoms with Gasteiger partial charge in [-0.05, 0) is 39.1 Å². The van der Waals surface area contributed by atoms with E-state index in [0.717, 1.165) is 33.0 Å². The van der Waals surface area contributed by atoms with Crippen molar-refractivity contribution < 1.29 is 4.74 Å². The molecule has 0 aliphatic rings. The van der Waals surface area contributed by atoms with E-state index >= 15 is 0 Å². The topological polar surface area (TPSA) is 34.1 Å². The van der Waals surface area contributed by atoms with Crippen LogP contribution in [0.1, 0.15) is 21.1 Å². The van der Waals surface area contributed by atoms with E-state index in [-0.39, 0.29) is 0 Å². The van der Waals surface area contributed by atoms with E-state index in [9.17, 15) is 0 Å². The second kappa shape index (κ2) is 6.50. The highest BCUT2D eigenvalue weighted by atomic mass is 79.9. The van der Waals surface area contributed by atoms with Crippen molar-refractivity contribution in [1.82, 2.24) is 10.3 Å². The average Bonchev–Trinajstić information content (AvgIpc) is 2.68. The minimum absolute atomic E-state index is 0.525. The zero-order valence-corrected chi connectivity index (χ0v) is 13.7. The first kappa shape index (κ1) is 14.5. The van der Waals surface area contributed by atoms with Crippen molar-refractivity contribution in [2.24, 2.45) is 0 Å². The van der Waals surface area contributed by atoms with Crippen LogP contribution in [0.3, 0.4) is 0 Å². The van der Waals surface area contributed by atoms with Gasteiger partial charge < -0.3 is 10.1 Å². The van der Waals surface area contributed by atoms with Gasteiger partial charge in [-0.3, -0.25) is 0 Å². The van der Waals surface area contributed by atoms with Crippen molar-refractivity contribution >= 4 is 27.3 Å². The van der Waals surface area contributed by atoms with Gasteiger partial charge in [0.2, 0.25) is 0 Å². The van der Waals surface area contributed by atoms with Crippen molar-refractivity contribution in [2.75, 3.05) is 7.05 Å². The molecule has 3 nitrogen and oxygen atoms in total. The summed E-state index contributed by atoms with van der Waals surface area (Å²) in [6.45, 7) is 5.42. The molecule has 2 aromatic rings. The largest absolute Gasteiger partial charge is 0.486 e. The van der Waals surface area contributed by atoms with Gasteiger partial charge in [-0.2, -0.15) is 0 Å². The molecule has 0 spiro atoms. The highest BCUT2D eigenvalue weighted by molar-refractivity contribution is 9.10. The van der Waals surface area contributed by atoms with Crippen LogP contribution in [0.4, 0.5) is 0 Å². The van der Waals surface area contributed by atoms with E-state index in [0.29, 0.717) is 6.61 Å². The summed E-state index contributed by atoms with van der Waals surface area (Å²) in [5.41, 5.74) is 2.23. The van der Waals surface area contributed by atoms with E-state index in [1.807, 2.05) is 26.1 Å². The van der Waals surface area contributed by atoms with Crippen LogP contribution >= 0.6 is 27.3 Å². The Labute approximate surface area is 126 Å². The lowest BCUT2D eigenvalue weighted by molar-refractivity contribution is 0.301. The van der Waals surface area contributed by atoms with Crippen LogP contribution in [-0.2, 0) is 13.2 Å². The molecule has 2 rings (SSSR count). The SMILES string of the molecule is CNCc1cc(Br)ccc1OCc1nc(C)c(C)s1. The molecule has 0 unspecified atom stereocenters. The highest BCUT2D eigenvalue weighted by Gasteiger charge is 2.07. The number of aryl methyl sites for hydroxylation is 2. The first-order valence-electron chi connectivity index (χ1n) is 6.09. The molecule has 0 radical (unpaired) electrons. The molecule has 1 aromatic heterocycles. The Bertz CT molecular complexity index is 549. The van der Waals surface area contributed by atoms with Crippen molar-refractivity contribution in [3.63, 3.8) is 0 Å². The van der Waals surface area contributed by atoms with Crippen molar-refractivity contribution in [2.45, 2.75) is 27.0 Å². The molecule has 1 heterocycles. The normalized spacial score (nSPS) is 10.7. The Morgan fingerprint density at radius 1 is 1.37 bits per heavy atom. The standard InChI is InChI=1S/C14H17BrN2OS/c1-9-10(2)19-14(17-9)8-18-13-5-4-12(15)6-11(13)7-16-3/h4-6,16H,7-8H2,1-3H3. The third-order valence-electron chi connectivity index (χ3n) is 2.81. The van der Waals surface area contributed by atoms with Gasteiger partial charge in [-0.15, -0.1) is 11.3 Å². The number of thiazole rings is 1. The van der Waals surface area contributed by atoms with Gasteiger partial charge in [0.15, 0.2) is 0 Å². The Kier molecular flexibility index (Phi) is 4.96. The minimum atomic E-state index is 0.525. The summed E-state index contributed by atoms with van der Waals surface area (Å²) < 4.78 is 6.95. The maximum absolute atomic E-state index is 5.89. The fourth-order valence-corrected chi connectivity index (χ4v) is 3.01. The number of rotatable bonds is 5. The lowest BCUT2D eigenvalue weighted by atomic mass is 10.2. The third-order valence-corrected chi connectivity index (χ3v) is 4.35. The van der Waals surface area contributed by atoms with Crippen LogP contribution in [-0.4, -0.2) is 12.0 Å². The van der Waals surface area contributed by atoms with Crippen molar-refractivity contribution in [1.29, 1.82) is 0 Å². The molecule has 0 saturated carbocycles. The predicted octanol–water partition coefficient (Wildman–Crippen LogP) is 3.82. The molecule has 19 heavy (non-hydrogen) atoms. The zero-order valence-electron chi connectivity index (χ0n) is 11.3. The van der Waals surface area contributed by atoms with E-state index in [1.54, 1.807) is 11.3 Å². The van der Waals surface area contributed by atoms with Crippen molar-refractivity contribution in [3.8, 4) is 5.75 Å². The number of nitrogens with one attached hydrogen (secondary N) is 1. The molecule has 0 amide bonds. The van der Waals surface area contributed by atoms with Crippen LogP contribution in [0, 0.1) is 13.8 Å². The number of nitrogens with zero attached hydrogens (tertiary/aromatic N) is 1. The Morgan fingerprint density at radius 2 is 2.16 bits per heavy atom. The molecule has 1 N–H and O–H groups in total. The summed E-state index contributed by atoms with van der Waals surface area (Å²) in [5.74, 6) is 0.906. The number of halogens is 1. The van der Waals surface area contributed by atoms with Crippen LogP contribution < -0.4 is 10.1 Å². The quantitative estimate of drug-likeness (QED) is 0.898.